The van der Waals surface area contributed by atoms with E-state index in [2.05, 4.69) is 29.4 Å². The minimum Gasteiger partial charge on any atom is -0.487 e. The molecule has 0 saturated carbocycles. The van der Waals surface area contributed by atoms with E-state index in [0.29, 0.717) is 30.4 Å². The van der Waals surface area contributed by atoms with Gasteiger partial charge < -0.3 is 14.5 Å². The average molecular weight is 414 g/mol. The van der Waals surface area contributed by atoms with Crippen molar-refractivity contribution < 1.29 is 9.53 Å². The lowest BCUT2D eigenvalue weighted by atomic mass is 9.96. The molecular formula is C26H27N3O2. The first-order valence-electron chi connectivity index (χ1n) is 10.6. The number of hydrogen-bond acceptors (Lipinski definition) is 3. The van der Waals surface area contributed by atoms with Crippen LogP contribution in [0.3, 0.4) is 0 Å². The van der Waals surface area contributed by atoms with Gasteiger partial charge in [0.2, 0.25) is 0 Å². The molecule has 0 radical (unpaired) electrons. The Bertz CT molecular complexity index is 1150. The van der Waals surface area contributed by atoms with Crippen molar-refractivity contribution in [2.75, 3.05) is 6.54 Å². The summed E-state index contributed by atoms with van der Waals surface area (Å²) in [6.07, 6.45) is 4.92. The maximum atomic E-state index is 12.6. The zero-order chi connectivity index (χ0) is 21.6. The number of fused-ring (bicyclic) bond motifs is 1. The quantitative estimate of drug-likeness (QED) is 0.435. The Morgan fingerprint density at radius 3 is 2.55 bits per heavy atom. The number of benzene rings is 2. The van der Waals surface area contributed by atoms with E-state index in [1.165, 1.54) is 5.56 Å². The average Bonchev–Trinajstić information content (AvgIpc) is 3.24. The molecule has 0 saturated heterocycles. The van der Waals surface area contributed by atoms with E-state index in [4.69, 9.17) is 4.74 Å². The molecule has 0 aliphatic rings. The summed E-state index contributed by atoms with van der Waals surface area (Å²) < 4.78 is 7.86. The minimum absolute atomic E-state index is 0.0724. The van der Waals surface area contributed by atoms with Crippen LogP contribution in [0.4, 0.5) is 0 Å². The van der Waals surface area contributed by atoms with Gasteiger partial charge in [-0.05, 0) is 54.8 Å². The predicted octanol–water partition coefficient (Wildman–Crippen LogP) is 5.15. The highest BCUT2D eigenvalue weighted by molar-refractivity contribution is 5.94. The maximum Gasteiger partial charge on any atom is 0.251 e. The SMILES string of the molecule is CCC(CNC(=O)c1ccc(OCc2cn3cccc(C)c3n2)cc1)c1ccccc1. The summed E-state index contributed by atoms with van der Waals surface area (Å²) in [5.74, 6) is 0.944. The molecule has 0 spiro atoms. The molecule has 0 fully saturated rings. The van der Waals surface area contributed by atoms with Gasteiger partial charge in [0.1, 0.15) is 18.0 Å². The first-order chi connectivity index (χ1) is 15.1. The molecule has 0 aliphatic carbocycles. The van der Waals surface area contributed by atoms with Gasteiger partial charge in [0, 0.05) is 30.4 Å². The van der Waals surface area contributed by atoms with Gasteiger partial charge >= 0.3 is 0 Å². The number of carbonyl (C=O) groups is 1. The van der Waals surface area contributed by atoms with Crippen molar-refractivity contribution in [1.82, 2.24) is 14.7 Å². The molecule has 1 amide bonds. The second-order valence-electron chi connectivity index (χ2n) is 7.69. The molecule has 0 bridgehead atoms. The number of imidazole rings is 1. The van der Waals surface area contributed by atoms with Crippen molar-refractivity contribution in [2.45, 2.75) is 32.8 Å². The van der Waals surface area contributed by atoms with Gasteiger partial charge in [-0.3, -0.25) is 4.79 Å². The number of nitrogens with one attached hydrogen (secondary N) is 1. The van der Waals surface area contributed by atoms with Gasteiger partial charge in [0.15, 0.2) is 0 Å². The highest BCUT2D eigenvalue weighted by Gasteiger charge is 2.12. The summed E-state index contributed by atoms with van der Waals surface area (Å²) in [5.41, 5.74) is 4.80. The maximum absolute atomic E-state index is 12.6. The number of hydrogen-bond donors (Lipinski definition) is 1. The van der Waals surface area contributed by atoms with E-state index in [9.17, 15) is 4.79 Å². The van der Waals surface area contributed by atoms with Crippen molar-refractivity contribution >= 4 is 11.6 Å². The van der Waals surface area contributed by atoms with Crippen LogP contribution < -0.4 is 10.1 Å². The zero-order valence-corrected chi connectivity index (χ0v) is 17.9. The van der Waals surface area contributed by atoms with Crippen LogP contribution in [0, 0.1) is 6.92 Å². The van der Waals surface area contributed by atoms with Gasteiger partial charge in [-0.25, -0.2) is 4.98 Å². The number of ether oxygens (including phenoxy) is 1. The van der Waals surface area contributed by atoms with Gasteiger partial charge in [-0.2, -0.15) is 0 Å². The Labute approximate surface area is 182 Å². The first kappa shape index (κ1) is 20.7. The number of nitrogens with zero attached hydrogens (tertiary/aromatic N) is 2. The monoisotopic (exact) mass is 413 g/mol. The second-order valence-corrected chi connectivity index (χ2v) is 7.69. The van der Waals surface area contributed by atoms with Crippen molar-refractivity contribution in [3.8, 4) is 5.75 Å². The van der Waals surface area contributed by atoms with E-state index in [-0.39, 0.29) is 5.91 Å². The topological polar surface area (TPSA) is 55.6 Å². The Kier molecular flexibility index (Phi) is 6.32. The molecule has 4 rings (SSSR count). The predicted molar refractivity (Wildman–Crippen MR) is 123 cm³/mol. The molecule has 2 heterocycles. The summed E-state index contributed by atoms with van der Waals surface area (Å²) in [4.78, 5) is 17.2. The van der Waals surface area contributed by atoms with Gasteiger partial charge in [0.05, 0.1) is 5.69 Å². The number of aromatic nitrogens is 2. The van der Waals surface area contributed by atoms with Crippen molar-refractivity contribution in [2.24, 2.45) is 0 Å². The van der Waals surface area contributed by atoms with Crippen LogP contribution >= 0.6 is 0 Å². The third-order valence-corrected chi connectivity index (χ3v) is 5.50. The summed E-state index contributed by atoms with van der Waals surface area (Å²) in [5, 5.41) is 3.05. The van der Waals surface area contributed by atoms with E-state index in [1.54, 1.807) is 12.1 Å². The summed E-state index contributed by atoms with van der Waals surface area (Å²) in [7, 11) is 0. The largest absolute Gasteiger partial charge is 0.487 e. The smallest absolute Gasteiger partial charge is 0.251 e. The van der Waals surface area contributed by atoms with Crippen LogP contribution in [0.1, 0.15) is 46.4 Å². The molecule has 2 aromatic carbocycles. The van der Waals surface area contributed by atoms with E-state index >= 15 is 0 Å². The van der Waals surface area contributed by atoms with E-state index < -0.39 is 0 Å². The molecule has 1 unspecified atom stereocenters. The lowest BCUT2D eigenvalue weighted by Crippen LogP contribution is -2.28. The molecule has 5 heteroatoms. The van der Waals surface area contributed by atoms with Crippen LogP contribution in [0.15, 0.2) is 79.1 Å². The van der Waals surface area contributed by atoms with Crippen molar-refractivity contribution in [1.29, 1.82) is 0 Å². The van der Waals surface area contributed by atoms with Crippen LogP contribution in [0.5, 0.6) is 5.75 Å². The molecule has 4 aromatic rings. The fourth-order valence-corrected chi connectivity index (χ4v) is 3.67. The van der Waals surface area contributed by atoms with Crippen LogP contribution in [-0.4, -0.2) is 21.8 Å². The number of aryl methyl sites for hydroxylation is 1. The Morgan fingerprint density at radius 1 is 1.06 bits per heavy atom. The molecule has 0 aliphatic heterocycles. The van der Waals surface area contributed by atoms with Crippen molar-refractivity contribution in [3.63, 3.8) is 0 Å². The van der Waals surface area contributed by atoms with Crippen LogP contribution in [-0.2, 0) is 6.61 Å². The Morgan fingerprint density at radius 2 is 1.84 bits per heavy atom. The van der Waals surface area contributed by atoms with Gasteiger partial charge in [0.25, 0.3) is 5.91 Å². The Balaban J connectivity index is 1.32. The normalized spacial score (nSPS) is 11.9. The number of amides is 1. The highest BCUT2D eigenvalue weighted by atomic mass is 16.5. The molecule has 5 nitrogen and oxygen atoms in total. The molecule has 158 valence electrons. The number of rotatable bonds is 8. The summed E-state index contributed by atoms with van der Waals surface area (Å²) >= 11 is 0. The van der Waals surface area contributed by atoms with Gasteiger partial charge in [-0.15, -0.1) is 0 Å². The number of pyridine rings is 1. The standard InChI is InChI=1S/C26H27N3O2/c1-3-20(21-9-5-4-6-10-21)16-27-26(30)22-11-13-24(14-12-22)31-18-23-17-29-15-7-8-19(2)25(29)28-23/h4-15,17,20H,3,16,18H2,1-2H3,(H,27,30). The Hall–Kier alpha value is -3.60. The second kappa shape index (κ2) is 9.47. The molecule has 2 aromatic heterocycles. The molecular weight excluding hydrogens is 386 g/mol. The number of carbonyl (C=O) groups excluding carboxylic acids is 1. The lowest BCUT2D eigenvalue weighted by molar-refractivity contribution is 0.0951. The van der Waals surface area contributed by atoms with Gasteiger partial charge in [-0.1, -0.05) is 43.3 Å². The molecule has 1 N–H and O–H groups in total. The minimum atomic E-state index is -0.0724. The zero-order valence-electron chi connectivity index (χ0n) is 17.9. The highest BCUT2D eigenvalue weighted by Crippen LogP contribution is 2.19. The first-order valence-corrected chi connectivity index (χ1v) is 10.6. The fourth-order valence-electron chi connectivity index (χ4n) is 3.67. The van der Waals surface area contributed by atoms with Crippen LogP contribution in [0.2, 0.25) is 0 Å². The summed E-state index contributed by atoms with van der Waals surface area (Å²) in [6, 6.07) is 21.6. The van der Waals surface area contributed by atoms with E-state index in [1.807, 2.05) is 66.2 Å². The lowest BCUT2D eigenvalue weighted by Gasteiger charge is -2.16. The fraction of sp³-hybridized carbons (Fsp3) is 0.231. The van der Waals surface area contributed by atoms with Crippen LogP contribution in [0.25, 0.3) is 5.65 Å². The third kappa shape index (κ3) is 4.94. The third-order valence-electron chi connectivity index (χ3n) is 5.50. The van der Waals surface area contributed by atoms with E-state index in [0.717, 1.165) is 23.3 Å². The summed E-state index contributed by atoms with van der Waals surface area (Å²) in [6.45, 7) is 5.17. The molecule has 1 atom stereocenters. The van der Waals surface area contributed by atoms with Crippen molar-refractivity contribution in [3.05, 3.63) is 102 Å². The molecule has 31 heavy (non-hydrogen) atoms.